The molecule has 7 nitrogen and oxygen atoms in total. The van der Waals surface area contributed by atoms with Crippen molar-refractivity contribution in [3.63, 3.8) is 0 Å². The van der Waals surface area contributed by atoms with Crippen LogP contribution in [0.25, 0.3) is 0 Å². The van der Waals surface area contributed by atoms with Crippen molar-refractivity contribution in [3.05, 3.63) is 12.7 Å². The fourth-order valence-electron chi connectivity index (χ4n) is 2.48. The maximum absolute atomic E-state index is 11.3. The lowest BCUT2D eigenvalue weighted by Crippen LogP contribution is -2.16. The van der Waals surface area contributed by atoms with Gasteiger partial charge in [0.05, 0.1) is 0 Å². The second kappa shape index (κ2) is 42.5. The largest absolute Gasteiger partial charge is 0.461 e. The van der Waals surface area contributed by atoms with Gasteiger partial charge < -0.3 is 25.1 Å². The number of nitrogens with one attached hydrogen (secondary N) is 1. The third kappa shape index (κ3) is 47.6. The van der Waals surface area contributed by atoms with Crippen LogP contribution in [0.5, 0.6) is 0 Å². The van der Waals surface area contributed by atoms with Crippen molar-refractivity contribution in [2.45, 2.75) is 126 Å². The molecule has 0 amide bonds. The Morgan fingerprint density at radius 2 is 1.53 bits per heavy atom. The molecule has 7 heteroatoms. The van der Waals surface area contributed by atoms with Crippen LogP contribution in [-0.4, -0.2) is 61.2 Å². The first-order valence-electron chi connectivity index (χ1n) is 14.8. The molecule has 3 N–H and O–H groups in total. The Labute approximate surface area is 236 Å². The molecule has 0 saturated carbocycles. The molecule has 0 bridgehead atoms. The summed E-state index contributed by atoms with van der Waals surface area (Å²) in [6.45, 7) is 20.8. The number of likely N-dealkylation sites (N-methyl/N-ethyl adjacent to an activating group) is 1. The third-order valence-electron chi connectivity index (χ3n) is 5.56. The Bertz CT molecular complexity index is 493. The van der Waals surface area contributed by atoms with Gasteiger partial charge in [0.15, 0.2) is 0 Å². The van der Waals surface area contributed by atoms with Crippen LogP contribution in [0.2, 0.25) is 0 Å². The number of hydrogen-bond acceptors (Lipinski definition) is 7. The molecule has 2 unspecified atom stereocenters. The van der Waals surface area contributed by atoms with Gasteiger partial charge in [-0.15, -0.1) is 0 Å². The normalized spacial score (nSPS) is 10.8. The monoisotopic (exact) mass is 547 g/mol. The molecule has 0 fully saturated rings. The lowest BCUT2D eigenvalue weighted by atomic mass is 9.99. The minimum absolute atomic E-state index is 0.221. The quantitative estimate of drug-likeness (QED) is 0.0995. The SMILES string of the molecule is C=CC(=O)OCCNC.CC.CCC(C)=O.CCC(C)C(=O)CCCCCO.CCCCCC(CC)CO. The van der Waals surface area contributed by atoms with Gasteiger partial charge in [0, 0.05) is 44.6 Å². The topological polar surface area (TPSA) is 113 Å². The minimum atomic E-state index is -0.370. The van der Waals surface area contributed by atoms with Gasteiger partial charge in [0.1, 0.15) is 18.2 Å². The highest BCUT2D eigenvalue weighted by atomic mass is 16.5. The van der Waals surface area contributed by atoms with Crippen LogP contribution < -0.4 is 5.32 Å². The molecule has 230 valence electrons. The number of unbranched alkanes of at least 4 members (excludes halogenated alkanes) is 4. The third-order valence-corrected chi connectivity index (χ3v) is 5.56. The van der Waals surface area contributed by atoms with Crippen molar-refractivity contribution in [1.29, 1.82) is 0 Å². The average molecular weight is 548 g/mol. The fourth-order valence-corrected chi connectivity index (χ4v) is 2.48. The van der Waals surface area contributed by atoms with E-state index in [9.17, 15) is 14.4 Å². The van der Waals surface area contributed by atoms with Gasteiger partial charge in [-0.05, 0) is 45.6 Å². The number of esters is 1. The molecule has 0 aliphatic rings. The fraction of sp³-hybridized carbons (Fsp3) is 0.839. The van der Waals surface area contributed by atoms with Crippen molar-refractivity contribution in [3.8, 4) is 0 Å². The molecule has 0 rings (SSSR count). The number of carbonyl (C=O) groups excluding carboxylic acids is 3. The first kappa shape index (κ1) is 46.3. The van der Waals surface area contributed by atoms with Crippen LogP contribution in [0.4, 0.5) is 0 Å². The maximum Gasteiger partial charge on any atom is 0.330 e. The van der Waals surface area contributed by atoms with Crippen molar-refractivity contribution in [2.75, 3.05) is 33.4 Å². The standard InChI is InChI=1S/C10H20O2.C9H20O.C6H11NO2.C4H8O.C2H6/c1-3-9(2)10(12)7-5-4-6-8-11;1-3-5-6-7-9(4-2)8-10;1-3-6(8)9-5-4-7-2;1-3-4(2)5;1-2/h9,11H,3-8H2,1-2H3;9-10H,3-8H2,1-2H3;3,7H,1,4-5H2,2H3;3H2,1-2H3;1-2H3. The Kier molecular flexibility index (Phi) is 51.8. The Morgan fingerprint density at radius 3 is 1.89 bits per heavy atom. The van der Waals surface area contributed by atoms with Crippen LogP contribution in [0.1, 0.15) is 126 Å². The van der Waals surface area contributed by atoms with Crippen LogP contribution in [0.3, 0.4) is 0 Å². The predicted molar refractivity (Wildman–Crippen MR) is 162 cm³/mol. The van der Waals surface area contributed by atoms with Crippen molar-refractivity contribution in [1.82, 2.24) is 5.32 Å². The van der Waals surface area contributed by atoms with E-state index in [1.807, 2.05) is 34.6 Å². The van der Waals surface area contributed by atoms with Gasteiger partial charge in [0.2, 0.25) is 0 Å². The number of hydrogen-bond donors (Lipinski definition) is 3. The summed E-state index contributed by atoms with van der Waals surface area (Å²) < 4.78 is 4.61. The van der Waals surface area contributed by atoms with Gasteiger partial charge in [0.25, 0.3) is 0 Å². The zero-order valence-electron chi connectivity index (χ0n) is 26.6. The highest BCUT2D eigenvalue weighted by Gasteiger charge is 2.09. The summed E-state index contributed by atoms with van der Waals surface area (Å²) in [5, 5.41) is 20.2. The summed E-state index contributed by atoms with van der Waals surface area (Å²) in [4.78, 5) is 31.4. The summed E-state index contributed by atoms with van der Waals surface area (Å²) in [5.41, 5.74) is 0. The van der Waals surface area contributed by atoms with Crippen molar-refractivity contribution < 1.29 is 29.3 Å². The molecule has 38 heavy (non-hydrogen) atoms. The molecule has 0 aromatic rings. The number of ether oxygens (including phenoxy) is 1. The highest BCUT2D eigenvalue weighted by Crippen LogP contribution is 2.12. The molecule has 0 saturated heterocycles. The van der Waals surface area contributed by atoms with E-state index in [2.05, 4.69) is 30.5 Å². The molecule has 0 aromatic carbocycles. The molecule has 0 heterocycles. The Hall–Kier alpha value is -1.57. The Morgan fingerprint density at radius 1 is 0.947 bits per heavy atom. The summed E-state index contributed by atoms with van der Waals surface area (Å²) in [6, 6.07) is 0. The van der Waals surface area contributed by atoms with Gasteiger partial charge in [-0.2, -0.15) is 0 Å². The number of carbonyl (C=O) groups is 3. The van der Waals surface area contributed by atoms with Gasteiger partial charge in [-0.25, -0.2) is 4.79 Å². The zero-order chi connectivity index (χ0) is 30.6. The summed E-state index contributed by atoms with van der Waals surface area (Å²) in [7, 11) is 1.79. The van der Waals surface area contributed by atoms with Crippen LogP contribution in [0.15, 0.2) is 12.7 Å². The highest BCUT2D eigenvalue weighted by molar-refractivity contribution is 5.81. The first-order valence-corrected chi connectivity index (χ1v) is 14.8. The van der Waals surface area contributed by atoms with Crippen LogP contribution >= 0.6 is 0 Å². The number of Topliss-reactive ketones (excluding diaryl/α,β-unsaturated/α-hetero) is 2. The molecule has 0 radical (unpaired) electrons. The summed E-state index contributed by atoms with van der Waals surface area (Å²) >= 11 is 0. The molecule has 0 aliphatic carbocycles. The molecule has 0 aromatic heterocycles. The van der Waals surface area contributed by atoms with Gasteiger partial charge in [-0.1, -0.05) is 87.1 Å². The molecule has 2 atom stereocenters. The second-order valence-electron chi connectivity index (χ2n) is 8.79. The van der Waals surface area contributed by atoms with Gasteiger partial charge in [-0.3, -0.25) is 4.79 Å². The van der Waals surface area contributed by atoms with Crippen LogP contribution in [-0.2, 0) is 19.1 Å². The summed E-state index contributed by atoms with van der Waals surface area (Å²) in [5.74, 6) is 1.04. The van der Waals surface area contributed by atoms with E-state index >= 15 is 0 Å². The van der Waals surface area contributed by atoms with Crippen molar-refractivity contribution >= 4 is 17.5 Å². The number of ketones is 2. The maximum atomic E-state index is 11.3. The van der Waals surface area contributed by atoms with Crippen LogP contribution in [0, 0.1) is 11.8 Å². The summed E-state index contributed by atoms with van der Waals surface area (Å²) in [6.07, 6.45) is 12.4. The lowest BCUT2D eigenvalue weighted by molar-refractivity contribution is -0.137. The second-order valence-corrected chi connectivity index (χ2v) is 8.79. The average Bonchev–Trinajstić information content (AvgIpc) is 2.95. The smallest absolute Gasteiger partial charge is 0.330 e. The minimum Gasteiger partial charge on any atom is -0.461 e. The molecular formula is C31H65NO6. The number of rotatable bonds is 18. The predicted octanol–water partition coefficient (Wildman–Crippen LogP) is 6.69. The first-order chi connectivity index (χ1) is 18.1. The molecular weight excluding hydrogens is 482 g/mol. The number of aliphatic hydroxyl groups is 2. The van der Waals surface area contributed by atoms with E-state index in [1.165, 1.54) is 25.7 Å². The lowest BCUT2D eigenvalue weighted by Gasteiger charge is -2.09. The van der Waals surface area contributed by atoms with Crippen molar-refractivity contribution in [2.24, 2.45) is 11.8 Å². The van der Waals surface area contributed by atoms with E-state index in [0.29, 0.717) is 44.3 Å². The zero-order valence-corrected chi connectivity index (χ0v) is 26.6. The van der Waals surface area contributed by atoms with E-state index in [0.717, 1.165) is 38.2 Å². The van der Waals surface area contributed by atoms with E-state index in [4.69, 9.17) is 10.2 Å². The van der Waals surface area contributed by atoms with E-state index < -0.39 is 0 Å². The molecule has 0 spiro atoms. The Balaban J connectivity index is -0.000000129. The number of aliphatic hydroxyl groups excluding tert-OH is 2. The van der Waals surface area contributed by atoms with E-state index in [1.54, 1.807) is 14.0 Å². The van der Waals surface area contributed by atoms with Gasteiger partial charge >= 0.3 is 5.97 Å². The van der Waals surface area contributed by atoms with E-state index in [-0.39, 0.29) is 24.3 Å². The molecule has 0 aliphatic heterocycles.